The minimum atomic E-state index is -0.938. The minimum Gasteiger partial charge on any atom is -0.481 e. The van der Waals surface area contributed by atoms with Crippen molar-refractivity contribution in [3.63, 3.8) is 0 Å². The molecule has 72 valence electrons. The highest BCUT2D eigenvalue weighted by Crippen LogP contribution is 2.16. The summed E-state index contributed by atoms with van der Waals surface area (Å²) in [7, 11) is 1.40. The zero-order valence-corrected chi connectivity index (χ0v) is 7.61. The average Bonchev–Trinajstić information content (AvgIpc) is 2.43. The second kappa shape index (κ2) is 3.99. The van der Waals surface area contributed by atoms with E-state index in [1.54, 1.807) is 0 Å². The molecule has 0 aliphatic rings. The summed E-state index contributed by atoms with van der Waals surface area (Å²) >= 11 is 0.976. The van der Waals surface area contributed by atoms with E-state index in [1.165, 1.54) is 7.11 Å². The molecule has 3 N–H and O–H groups in total. The Labute approximate surface area is 77.9 Å². The lowest BCUT2D eigenvalue weighted by atomic mass is 10.8. The number of ether oxygens (including phenoxy) is 1. The molecule has 0 unspecified atom stereocenters. The number of carbonyl (C=O) groups is 1. The van der Waals surface area contributed by atoms with Gasteiger partial charge in [-0.1, -0.05) is 16.9 Å². The summed E-state index contributed by atoms with van der Waals surface area (Å²) in [5.74, 6) is 4.40. The molecule has 0 bridgehead atoms. The van der Waals surface area contributed by atoms with Gasteiger partial charge in [-0.25, -0.2) is 0 Å². The molecule has 0 aliphatic carbocycles. The van der Waals surface area contributed by atoms with Crippen molar-refractivity contribution in [2.75, 3.05) is 18.7 Å². The molecule has 0 atom stereocenters. The predicted molar refractivity (Wildman–Crippen MR) is 45.1 cm³/mol. The van der Waals surface area contributed by atoms with E-state index in [-0.39, 0.29) is 11.8 Å². The molecule has 0 aromatic carbocycles. The molecule has 0 radical (unpaired) electrons. The second-order valence-electron chi connectivity index (χ2n) is 2.02. The van der Waals surface area contributed by atoms with Crippen molar-refractivity contribution in [1.29, 1.82) is 0 Å². The SMILES string of the molecule is COc1nnc(SCC(=O)O)n1N. The van der Waals surface area contributed by atoms with Crippen LogP contribution in [0.5, 0.6) is 6.01 Å². The Morgan fingerprint density at radius 1 is 1.77 bits per heavy atom. The topological polar surface area (TPSA) is 103 Å². The first-order chi connectivity index (χ1) is 6.15. The zero-order valence-electron chi connectivity index (χ0n) is 6.80. The molecule has 1 aromatic heterocycles. The third-order valence-corrected chi connectivity index (χ3v) is 2.07. The number of nitrogen functional groups attached to an aromatic ring is 1. The van der Waals surface area contributed by atoms with Crippen LogP contribution in [0, 0.1) is 0 Å². The van der Waals surface area contributed by atoms with Gasteiger partial charge in [0.2, 0.25) is 5.16 Å². The lowest BCUT2D eigenvalue weighted by Gasteiger charge is -1.99. The maximum atomic E-state index is 10.2. The highest BCUT2D eigenvalue weighted by atomic mass is 32.2. The van der Waals surface area contributed by atoms with Gasteiger partial charge in [0.15, 0.2) is 0 Å². The summed E-state index contributed by atoms with van der Waals surface area (Å²) in [6.07, 6.45) is 0. The van der Waals surface area contributed by atoms with Gasteiger partial charge in [-0.15, -0.1) is 5.10 Å². The van der Waals surface area contributed by atoms with E-state index in [0.29, 0.717) is 5.16 Å². The Balaban J connectivity index is 2.67. The van der Waals surface area contributed by atoms with Crippen LogP contribution in [-0.2, 0) is 4.79 Å². The Morgan fingerprint density at radius 3 is 2.92 bits per heavy atom. The van der Waals surface area contributed by atoms with E-state index >= 15 is 0 Å². The third-order valence-electron chi connectivity index (χ3n) is 1.14. The molecule has 0 fully saturated rings. The highest BCUT2D eigenvalue weighted by Gasteiger charge is 2.11. The average molecular weight is 204 g/mol. The summed E-state index contributed by atoms with van der Waals surface area (Å²) < 4.78 is 5.83. The van der Waals surface area contributed by atoms with Gasteiger partial charge in [-0.05, 0) is 0 Å². The molecule has 0 spiro atoms. The molecule has 1 heterocycles. The molecule has 0 aliphatic heterocycles. The lowest BCUT2D eigenvalue weighted by Crippen LogP contribution is -2.12. The van der Waals surface area contributed by atoms with Gasteiger partial charge in [-0.3, -0.25) is 4.79 Å². The van der Waals surface area contributed by atoms with E-state index in [9.17, 15) is 4.79 Å². The summed E-state index contributed by atoms with van der Waals surface area (Å²) in [4.78, 5) is 10.2. The summed E-state index contributed by atoms with van der Waals surface area (Å²) in [5, 5.41) is 15.9. The standard InChI is InChI=1S/C5H8N4O3S/c1-12-4-7-8-5(9(4)6)13-2-3(10)11/h2,6H2,1H3,(H,10,11). The number of thioether (sulfide) groups is 1. The molecule has 0 saturated carbocycles. The van der Waals surface area contributed by atoms with Crippen LogP contribution < -0.4 is 10.6 Å². The van der Waals surface area contributed by atoms with Gasteiger partial charge in [0.05, 0.1) is 12.9 Å². The predicted octanol–water partition coefficient (Wildman–Crippen LogP) is -0.823. The van der Waals surface area contributed by atoms with Gasteiger partial charge in [0, 0.05) is 0 Å². The Hall–Kier alpha value is -1.44. The fourth-order valence-electron chi connectivity index (χ4n) is 0.628. The first-order valence-corrected chi connectivity index (χ1v) is 4.22. The van der Waals surface area contributed by atoms with Crippen LogP contribution in [0.15, 0.2) is 5.16 Å². The van der Waals surface area contributed by atoms with E-state index in [0.717, 1.165) is 16.4 Å². The Bertz CT molecular complexity index is 313. The molecular formula is C5H8N4O3S. The van der Waals surface area contributed by atoms with Crippen LogP contribution in [-0.4, -0.2) is 38.8 Å². The Morgan fingerprint density at radius 2 is 2.46 bits per heavy atom. The van der Waals surface area contributed by atoms with Gasteiger partial charge in [0.1, 0.15) is 0 Å². The van der Waals surface area contributed by atoms with Crippen molar-refractivity contribution in [3.05, 3.63) is 0 Å². The van der Waals surface area contributed by atoms with E-state index in [2.05, 4.69) is 10.2 Å². The van der Waals surface area contributed by atoms with Crippen molar-refractivity contribution < 1.29 is 14.6 Å². The fourth-order valence-corrected chi connectivity index (χ4v) is 1.20. The van der Waals surface area contributed by atoms with Crippen molar-refractivity contribution in [2.24, 2.45) is 0 Å². The Kier molecular flexibility index (Phi) is 2.96. The number of carboxylic acids is 1. The number of hydrogen-bond acceptors (Lipinski definition) is 6. The molecular weight excluding hydrogens is 196 g/mol. The minimum absolute atomic E-state index is 0.112. The van der Waals surface area contributed by atoms with Crippen LogP contribution in [0.2, 0.25) is 0 Å². The number of carboxylic acid groups (broad SMARTS) is 1. The fraction of sp³-hybridized carbons (Fsp3) is 0.400. The maximum Gasteiger partial charge on any atom is 0.336 e. The van der Waals surface area contributed by atoms with Crippen LogP contribution in [0.25, 0.3) is 0 Å². The molecule has 8 heteroatoms. The van der Waals surface area contributed by atoms with E-state index < -0.39 is 5.97 Å². The van der Waals surface area contributed by atoms with Crippen LogP contribution in [0.4, 0.5) is 0 Å². The van der Waals surface area contributed by atoms with Crippen molar-refractivity contribution in [2.45, 2.75) is 5.16 Å². The summed E-state index contributed by atoms with van der Waals surface area (Å²) in [6.45, 7) is 0. The van der Waals surface area contributed by atoms with Crippen molar-refractivity contribution in [1.82, 2.24) is 14.9 Å². The van der Waals surface area contributed by atoms with Gasteiger partial charge in [-0.2, -0.15) is 4.68 Å². The first kappa shape index (κ1) is 9.65. The number of aromatic nitrogens is 3. The number of hydrogen-bond donors (Lipinski definition) is 2. The van der Waals surface area contributed by atoms with E-state index in [4.69, 9.17) is 15.7 Å². The van der Waals surface area contributed by atoms with E-state index in [1.807, 2.05) is 0 Å². The molecule has 0 saturated heterocycles. The summed E-state index contributed by atoms with van der Waals surface area (Å²) in [5.41, 5.74) is 0. The summed E-state index contributed by atoms with van der Waals surface area (Å²) in [6, 6.07) is 0.146. The normalized spacial score (nSPS) is 9.92. The molecule has 1 aromatic rings. The number of methoxy groups -OCH3 is 1. The highest BCUT2D eigenvalue weighted by molar-refractivity contribution is 7.99. The number of rotatable bonds is 4. The molecule has 13 heavy (non-hydrogen) atoms. The largest absolute Gasteiger partial charge is 0.481 e. The number of nitrogens with two attached hydrogens (primary N) is 1. The number of aliphatic carboxylic acids is 1. The van der Waals surface area contributed by atoms with Crippen molar-refractivity contribution >= 4 is 17.7 Å². The second-order valence-corrected chi connectivity index (χ2v) is 2.96. The van der Waals surface area contributed by atoms with Gasteiger partial charge in [0.25, 0.3) is 0 Å². The molecule has 7 nitrogen and oxygen atoms in total. The maximum absolute atomic E-state index is 10.2. The smallest absolute Gasteiger partial charge is 0.336 e. The van der Waals surface area contributed by atoms with Crippen LogP contribution in [0.1, 0.15) is 0 Å². The van der Waals surface area contributed by atoms with Crippen LogP contribution >= 0.6 is 11.8 Å². The zero-order chi connectivity index (χ0) is 9.84. The monoisotopic (exact) mass is 204 g/mol. The molecule has 0 amide bonds. The number of nitrogens with zero attached hydrogens (tertiary/aromatic N) is 3. The first-order valence-electron chi connectivity index (χ1n) is 3.24. The molecule has 1 rings (SSSR count). The van der Waals surface area contributed by atoms with Gasteiger partial charge < -0.3 is 15.7 Å². The third kappa shape index (κ3) is 2.25. The quantitative estimate of drug-likeness (QED) is 0.487. The van der Waals surface area contributed by atoms with Crippen LogP contribution in [0.3, 0.4) is 0 Å². The van der Waals surface area contributed by atoms with Crippen molar-refractivity contribution in [3.8, 4) is 6.01 Å². The van der Waals surface area contributed by atoms with Gasteiger partial charge >= 0.3 is 12.0 Å². The lowest BCUT2D eigenvalue weighted by molar-refractivity contribution is -0.133.